The van der Waals surface area contributed by atoms with E-state index in [4.69, 9.17) is 11.0 Å². The van der Waals surface area contributed by atoms with Gasteiger partial charge in [-0.1, -0.05) is 18.2 Å². The van der Waals surface area contributed by atoms with Gasteiger partial charge in [-0.15, -0.1) is 12.4 Å². The molecule has 0 saturated carbocycles. The molecule has 0 radical (unpaired) electrons. The molecule has 0 fully saturated rings. The Hall–Kier alpha value is -1.25. The predicted octanol–water partition coefficient (Wildman–Crippen LogP) is 2.54. The summed E-state index contributed by atoms with van der Waals surface area (Å²) in [4.78, 5) is 0. The first-order chi connectivity index (χ1) is 6.46. The van der Waals surface area contributed by atoms with Crippen molar-refractivity contribution in [3.8, 4) is 6.07 Å². The molecule has 82 valence electrons. The normalized spacial score (nSPS) is 12.5. The van der Waals surface area contributed by atoms with Gasteiger partial charge in [0.1, 0.15) is 6.04 Å². The zero-order chi connectivity index (χ0) is 10.8. The van der Waals surface area contributed by atoms with Crippen molar-refractivity contribution in [3.63, 3.8) is 0 Å². The summed E-state index contributed by atoms with van der Waals surface area (Å²) in [5.41, 5.74) is 4.74. The molecule has 2 nitrogen and oxygen atoms in total. The van der Waals surface area contributed by atoms with Gasteiger partial charge >= 0.3 is 6.18 Å². The third kappa shape index (κ3) is 3.11. The fourth-order valence-corrected chi connectivity index (χ4v) is 1.05. The first-order valence-corrected chi connectivity index (χ1v) is 3.78. The van der Waals surface area contributed by atoms with Crippen molar-refractivity contribution in [1.29, 1.82) is 5.26 Å². The standard InChI is InChI=1S/C9H7F3N2.ClH/c10-9(11,12)8(14)7-4-2-1-3-6(7)5-13;/h1-4,8H,14H2;1H/t8-;/m1./s1. The van der Waals surface area contributed by atoms with E-state index in [0.717, 1.165) is 0 Å². The van der Waals surface area contributed by atoms with E-state index < -0.39 is 12.2 Å². The van der Waals surface area contributed by atoms with Crippen LogP contribution in [0.4, 0.5) is 13.2 Å². The highest BCUT2D eigenvalue weighted by atomic mass is 35.5. The Morgan fingerprint density at radius 2 is 1.80 bits per heavy atom. The quantitative estimate of drug-likeness (QED) is 0.815. The summed E-state index contributed by atoms with van der Waals surface area (Å²) in [5.74, 6) is 0. The molecule has 0 aromatic heterocycles. The van der Waals surface area contributed by atoms with Crippen LogP contribution in [0.2, 0.25) is 0 Å². The summed E-state index contributed by atoms with van der Waals surface area (Å²) >= 11 is 0. The van der Waals surface area contributed by atoms with Crippen LogP contribution in [-0.2, 0) is 0 Å². The van der Waals surface area contributed by atoms with Gasteiger partial charge in [-0.2, -0.15) is 18.4 Å². The lowest BCUT2D eigenvalue weighted by Crippen LogP contribution is -2.29. The van der Waals surface area contributed by atoms with Gasteiger partial charge in [-0.25, -0.2) is 0 Å². The van der Waals surface area contributed by atoms with Gasteiger partial charge in [0.2, 0.25) is 0 Å². The number of nitriles is 1. The summed E-state index contributed by atoms with van der Waals surface area (Å²) in [6, 6.07) is 4.99. The fraction of sp³-hybridized carbons (Fsp3) is 0.222. The van der Waals surface area contributed by atoms with Crippen LogP contribution in [-0.4, -0.2) is 6.18 Å². The second-order valence-corrected chi connectivity index (χ2v) is 2.72. The Bertz CT molecular complexity index is 370. The third-order valence-corrected chi connectivity index (χ3v) is 1.77. The summed E-state index contributed by atoms with van der Waals surface area (Å²) < 4.78 is 36.7. The maximum absolute atomic E-state index is 12.2. The minimum atomic E-state index is -4.52. The monoisotopic (exact) mass is 236 g/mol. The minimum Gasteiger partial charge on any atom is -0.316 e. The smallest absolute Gasteiger partial charge is 0.316 e. The average molecular weight is 237 g/mol. The molecule has 1 aromatic rings. The highest BCUT2D eigenvalue weighted by Gasteiger charge is 2.38. The topological polar surface area (TPSA) is 49.8 Å². The van der Waals surface area contributed by atoms with Crippen molar-refractivity contribution in [2.75, 3.05) is 0 Å². The minimum absolute atomic E-state index is 0. The Labute approximate surface area is 90.9 Å². The van der Waals surface area contributed by atoms with Crippen molar-refractivity contribution in [1.82, 2.24) is 0 Å². The molecular formula is C9H8ClF3N2. The fourth-order valence-electron chi connectivity index (χ4n) is 1.05. The summed E-state index contributed by atoms with van der Waals surface area (Å²) in [7, 11) is 0. The Morgan fingerprint density at radius 1 is 1.27 bits per heavy atom. The molecule has 1 rings (SSSR count). The van der Waals surface area contributed by atoms with Crippen molar-refractivity contribution in [2.45, 2.75) is 12.2 Å². The molecule has 0 heterocycles. The van der Waals surface area contributed by atoms with Gasteiger partial charge in [0.15, 0.2) is 0 Å². The van der Waals surface area contributed by atoms with E-state index in [1.807, 2.05) is 0 Å². The van der Waals surface area contributed by atoms with Gasteiger partial charge in [0.25, 0.3) is 0 Å². The van der Waals surface area contributed by atoms with Crippen molar-refractivity contribution in [2.24, 2.45) is 5.73 Å². The lowest BCUT2D eigenvalue weighted by Gasteiger charge is -2.16. The van der Waals surface area contributed by atoms with E-state index in [0.29, 0.717) is 0 Å². The first-order valence-electron chi connectivity index (χ1n) is 3.78. The number of hydrogen-bond acceptors (Lipinski definition) is 2. The van der Waals surface area contributed by atoms with E-state index in [-0.39, 0.29) is 23.5 Å². The van der Waals surface area contributed by atoms with Crippen molar-refractivity contribution < 1.29 is 13.2 Å². The Kier molecular flexibility index (Phi) is 4.59. The number of nitrogens with two attached hydrogens (primary N) is 1. The number of benzene rings is 1. The maximum atomic E-state index is 12.2. The largest absolute Gasteiger partial charge is 0.407 e. The van der Waals surface area contributed by atoms with Gasteiger partial charge in [0.05, 0.1) is 11.6 Å². The Morgan fingerprint density at radius 3 is 2.27 bits per heavy atom. The lowest BCUT2D eigenvalue weighted by atomic mass is 10.0. The van der Waals surface area contributed by atoms with Gasteiger partial charge in [-0.3, -0.25) is 0 Å². The van der Waals surface area contributed by atoms with Crippen molar-refractivity contribution >= 4 is 12.4 Å². The zero-order valence-electron chi connectivity index (χ0n) is 7.45. The van der Waals surface area contributed by atoms with Gasteiger partial charge < -0.3 is 5.73 Å². The molecule has 1 atom stereocenters. The highest BCUT2D eigenvalue weighted by Crippen LogP contribution is 2.31. The number of rotatable bonds is 1. The molecule has 0 bridgehead atoms. The molecule has 15 heavy (non-hydrogen) atoms. The second-order valence-electron chi connectivity index (χ2n) is 2.72. The van der Waals surface area contributed by atoms with Crippen LogP contribution < -0.4 is 5.73 Å². The molecule has 0 saturated heterocycles. The summed E-state index contributed by atoms with van der Waals surface area (Å²) in [6.07, 6.45) is -4.52. The number of halogens is 4. The average Bonchev–Trinajstić information content (AvgIpc) is 2.15. The second kappa shape index (κ2) is 5.01. The molecule has 0 aliphatic carbocycles. The molecule has 2 N–H and O–H groups in total. The van der Waals surface area contributed by atoms with Gasteiger partial charge in [0, 0.05) is 0 Å². The predicted molar refractivity (Wildman–Crippen MR) is 51.4 cm³/mol. The summed E-state index contributed by atoms with van der Waals surface area (Å²) in [5, 5.41) is 8.56. The molecule has 0 aliphatic rings. The van der Waals surface area contributed by atoms with E-state index in [1.165, 1.54) is 24.3 Å². The third-order valence-electron chi connectivity index (χ3n) is 1.77. The zero-order valence-corrected chi connectivity index (χ0v) is 8.27. The van der Waals surface area contributed by atoms with Gasteiger partial charge in [-0.05, 0) is 11.6 Å². The molecule has 0 spiro atoms. The number of hydrogen-bond donors (Lipinski definition) is 1. The van der Waals surface area contributed by atoms with E-state index in [1.54, 1.807) is 6.07 Å². The van der Waals surface area contributed by atoms with Crippen LogP contribution in [0.1, 0.15) is 17.2 Å². The molecule has 0 amide bonds. The van der Waals surface area contributed by atoms with Crippen LogP contribution in [0.5, 0.6) is 0 Å². The van der Waals surface area contributed by atoms with E-state index >= 15 is 0 Å². The van der Waals surface area contributed by atoms with Crippen LogP contribution in [0.15, 0.2) is 24.3 Å². The first kappa shape index (κ1) is 13.8. The molecule has 0 unspecified atom stereocenters. The van der Waals surface area contributed by atoms with Crippen molar-refractivity contribution in [3.05, 3.63) is 35.4 Å². The summed E-state index contributed by atoms with van der Waals surface area (Å²) in [6.45, 7) is 0. The molecule has 1 aromatic carbocycles. The molecule has 6 heteroatoms. The van der Waals surface area contributed by atoms with E-state index in [9.17, 15) is 13.2 Å². The number of nitrogens with zero attached hydrogens (tertiary/aromatic N) is 1. The van der Waals surface area contributed by atoms with Crippen LogP contribution >= 0.6 is 12.4 Å². The SMILES string of the molecule is Cl.N#Cc1ccccc1[C@@H](N)C(F)(F)F. The highest BCUT2D eigenvalue weighted by molar-refractivity contribution is 5.85. The van der Waals surface area contributed by atoms with Crippen LogP contribution in [0.25, 0.3) is 0 Å². The van der Waals surface area contributed by atoms with E-state index in [2.05, 4.69) is 0 Å². The maximum Gasteiger partial charge on any atom is 0.407 e. The number of alkyl halides is 3. The van der Waals surface area contributed by atoms with Crippen LogP contribution in [0.3, 0.4) is 0 Å². The lowest BCUT2D eigenvalue weighted by molar-refractivity contribution is -0.149. The van der Waals surface area contributed by atoms with Crippen LogP contribution in [0, 0.1) is 11.3 Å². The Balaban J connectivity index is 0.00000196. The molecular weight excluding hydrogens is 229 g/mol. The molecule has 0 aliphatic heterocycles.